The molecule has 0 unspecified atom stereocenters. The highest BCUT2D eigenvalue weighted by molar-refractivity contribution is 6.32. The number of aromatic nitrogens is 1. The van der Waals surface area contributed by atoms with Crippen LogP contribution in [0, 0.1) is 6.92 Å². The second-order valence-electron chi connectivity index (χ2n) is 3.75. The molecule has 0 amide bonds. The number of ether oxygens (including phenoxy) is 2. The van der Waals surface area contributed by atoms with Crippen LogP contribution >= 0.6 is 11.6 Å². The quantitative estimate of drug-likeness (QED) is 0.632. The minimum atomic E-state index is 0.168. The van der Waals surface area contributed by atoms with Crippen molar-refractivity contribution >= 4 is 28.8 Å². The monoisotopic (exact) mass is 265 g/mol. The fourth-order valence-corrected chi connectivity index (χ4v) is 2.22. The molecule has 0 aliphatic heterocycles. The Labute approximate surface area is 109 Å². The van der Waals surface area contributed by atoms with Gasteiger partial charge in [-0.15, -0.1) is 0 Å². The Morgan fingerprint density at radius 1 is 1.22 bits per heavy atom. The first-order valence-electron chi connectivity index (χ1n) is 5.30. The summed E-state index contributed by atoms with van der Waals surface area (Å²) in [5.74, 6) is 1.23. The molecular weight excluding hydrogens is 254 g/mol. The number of carbonyl (C=O) groups is 1. The van der Waals surface area contributed by atoms with E-state index in [0.717, 1.165) is 10.9 Å². The molecule has 1 heterocycles. The zero-order valence-corrected chi connectivity index (χ0v) is 11.0. The maximum atomic E-state index is 11.0. The SMILES string of the molecule is COc1ccc(OC)c2c(C)c(C=O)c(Cl)nc12. The number of aryl methyl sites for hydroxylation is 1. The molecule has 2 rings (SSSR count). The van der Waals surface area contributed by atoms with Crippen LogP contribution in [0.2, 0.25) is 5.15 Å². The van der Waals surface area contributed by atoms with E-state index < -0.39 is 0 Å². The third-order valence-electron chi connectivity index (χ3n) is 2.87. The number of hydrogen-bond donors (Lipinski definition) is 0. The molecule has 0 fully saturated rings. The van der Waals surface area contributed by atoms with E-state index in [2.05, 4.69) is 4.98 Å². The molecule has 0 saturated carbocycles. The summed E-state index contributed by atoms with van der Waals surface area (Å²) in [6.07, 6.45) is 0.697. The largest absolute Gasteiger partial charge is 0.496 e. The Hall–Kier alpha value is -1.81. The average molecular weight is 266 g/mol. The number of halogens is 1. The second-order valence-corrected chi connectivity index (χ2v) is 4.11. The molecule has 0 spiro atoms. The number of nitrogens with zero attached hydrogens (tertiary/aromatic N) is 1. The van der Waals surface area contributed by atoms with Crippen LogP contribution in [-0.4, -0.2) is 25.5 Å². The average Bonchev–Trinajstić information content (AvgIpc) is 2.37. The van der Waals surface area contributed by atoms with Gasteiger partial charge in [0.1, 0.15) is 22.2 Å². The number of methoxy groups -OCH3 is 2. The smallest absolute Gasteiger partial charge is 0.153 e. The van der Waals surface area contributed by atoms with Gasteiger partial charge in [-0.1, -0.05) is 11.6 Å². The molecule has 0 atom stereocenters. The first-order valence-corrected chi connectivity index (χ1v) is 5.67. The minimum absolute atomic E-state index is 0.168. The van der Waals surface area contributed by atoms with Gasteiger partial charge in [0.2, 0.25) is 0 Å². The lowest BCUT2D eigenvalue weighted by atomic mass is 10.0. The highest BCUT2D eigenvalue weighted by Gasteiger charge is 2.16. The molecule has 0 bridgehead atoms. The fraction of sp³-hybridized carbons (Fsp3) is 0.231. The number of pyridine rings is 1. The molecule has 94 valence electrons. The van der Waals surface area contributed by atoms with E-state index in [1.807, 2.05) is 6.92 Å². The number of benzene rings is 1. The van der Waals surface area contributed by atoms with Gasteiger partial charge in [-0.3, -0.25) is 4.79 Å². The molecule has 5 heteroatoms. The van der Waals surface area contributed by atoms with E-state index in [4.69, 9.17) is 21.1 Å². The molecular formula is C13H12ClNO3. The highest BCUT2D eigenvalue weighted by Crippen LogP contribution is 2.36. The van der Waals surface area contributed by atoms with Crippen LogP contribution < -0.4 is 9.47 Å². The summed E-state index contributed by atoms with van der Waals surface area (Å²) in [5, 5.41) is 0.907. The topological polar surface area (TPSA) is 48.4 Å². The number of rotatable bonds is 3. The fourth-order valence-electron chi connectivity index (χ4n) is 1.95. The van der Waals surface area contributed by atoms with Crippen LogP contribution in [0.3, 0.4) is 0 Å². The molecule has 1 aromatic heterocycles. The Balaban J connectivity index is 2.98. The van der Waals surface area contributed by atoms with Crippen molar-refractivity contribution < 1.29 is 14.3 Å². The lowest BCUT2D eigenvalue weighted by molar-refractivity contribution is 0.112. The number of carbonyl (C=O) groups excluding carboxylic acids is 1. The van der Waals surface area contributed by atoms with Gasteiger partial charge < -0.3 is 9.47 Å². The molecule has 18 heavy (non-hydrogen) atoms. The Bertz CT molecular complexity index is 625. The standard InChI is InChI=1S/C13H12ClNO3/c1-7-8(6-16)13(14)15-12-10(18-3)5-4-9(17-2)11(7)12/h4-6H,1-3H3. The zero-order chi connectivity index (χ0) is 13.3. The van der Waals surface area contributed by atoms with Crippen LogP contribution in [0.5, 0.6) is 11.5 Å². The van der Waals surface area contributed by atoms with Gasteiger partial charge >= 0.3 is 0 Å². The lowest BCUT2D eigenvalue weighted by Crippen LogP contribution is -1.98. The lowest BCUT2D eigenvalue weighted by Gasteiger charge is -2.13. The summed E-state index contributed by atoms with van der Waals surface area (Å²) in [6.45, 7) is 1.81. The summed E-state index contributed by atoms with van der Waals surface area (Å²) in [6, 6.07) is 3.53. The van der Waals surface area contributed by atoms with Crippen LogP contribution in [0.4, 0.5) is 0 Å². The van der Waals surface area contributed by atoms with E-state index in [0.29, 0.717) is 28.9 Å². The van der Waals surface area contributed by atoms with E-state index in [-0.39, 0.29) is 5.15 Å². The maximum absolute atomic E-state index is 11.0. The van der Waals surface area contributed by atoms with Gasteiger partial charge in [-0.2, -0.15) is 0 Å². The predicted octanol–water partition coefficient (Wildman–Crippen LogP) is 3.03. The van der Waals surface area contributed by atoms with Crippen LogP contribution in [0.25, 0.3) is 10.9 Å². The van der Waals surface area contributed by atoms with Crippen molar-refractivity contribution in [3.8, 4) is 11.5 Å². The van der Waals surface area contributed by atoms with Gasteiger partial charge in [-0.25, -0.2) is 4.98 Å². The summed E-state index contributed by atoms with van der Waals surface area (Å²) in [7, 11) is 3.12. The molecule has 0 aliphatic rings. The zero-order valence-electron chi connectivity index (χ0n) is 10.3. The molecule has 1 aromatic carbocycles. The molecule has 0 N–H and O–H groups in total. The third-order valence-corrected chi connectivity index (χ3v) is 3.16. The van der Waals surface area contributed by atoms with E-state index in [9.17, 15) is 4.79 Å². The van der Waals surface area contributed by atoms with Crippen LogP contribution in [0.1, 0.15) is 15.9 Å². The van der Waals surface area contributed by atoms with Gasteiger partial charge in [0.15, 0.2) is 6.29 Å². The predicted molar refractivity (Wildman–Crippen MR) is 70.0 cm³/mol. The van der Waals surface area contributed by atoms with Crippen molar-refractivity contribution in [2.75, 3.05) is 14.2 Å². The van der Waals surface area contributed by atoms with Crippen molar-refractivity contribution in [3.63, 3.8) is 0 Å². The number of fused-ring (bicyclic) bond motifs is 1. The first kappa shape index (κ1) is 12.6. The third kappa shape index (κ3) is 1.78. The number of aldehydes is 1. The summed E-state index contributed by atoms with van der Waals surface area (Å²) in [4.78, 5) is 15.3. The van der Waals surface area contributed by atoms with Gasteiger partial charge in [0.25, 0.3) is 0 Å². The summed E-state index contributed by atoms with van der Waals surface area (Å²) < 4.78 is 10.5. The molecule has 4 nitrogen and oxygen atoms in total. The Morgan fingerprint density at radius 3 is 2.39 bits per heavy atom. The van der Waals surface area contributed by atoms with Crippen LogP contribution in [-0.2, 0) is 0 Å². The van der Waals surface area contributed by atoms with Crippen molar-refractivity contribution in [1.29, 1.82) is 0 Å². The van der Waals surface area contributed by atoms with E-state index >= 15 is 0 Å². The van der Waals surface area contributed by atoms with Crippen molar-refractivity contribution in [2.24, 2.45) is 0 Å². The Kier molecular flexibility index (Phi) is 3.39. The molecule has 2 aromatic rings. The maximum Gasteiger partial charge on any atom is 0.153 e. The normalized spacial score (nSPS) is 10.4. The van der Waals surface area contributed by atoms with Gasteiger partial charge in [0.05, 0.1) is 19.8 Å². The summed E-state index contributed by atoms with van der Waals surface area (Å²) >= 11 is 5.99. The second kappa shape index (κ2) is 4.82. The first-order chi connectivity index (χ1) is 8.63. The minimum Gasteiger partial charge on any atom is -0.496 e. The molecule has 0 saturated heterocycles. The highest BCUT2D eigenvalue weighted by atomic mass is 35.5. The Morgan fingerprint density at radius 2 is 1.83 bits per heavy atom. The van der Waals surface area contributed by atoms with Gasteiger partial charge in [-0.05, 0) is 24.6 Å². The van der Waals surface area contributed by atoms with Crippen LogP contribution in [0.15, 0.2) is 12.1 Å². The molecule has 0 aliphatic carbocycles. The van der Waals surface area contributed by atoms with Gasteiger partial charge in [0, 0.05) is 5.39 Å². The summed E-state index contributed by atoms with van der Waals surface area (Å²) in [5.41, 5.74) is 1.69. The van der Waals surface area contributed by atoms with E-state index in [1.165, 1.54) is 0 Å². The molecule has 0 radical (unpaired) electrons. The van der Waals surface area contributed by atoms with Crippen molar-refractivity contribution in [1.82, 2.24) is 4.98 Å². The van der Waals surface area contributed by atoms with Crippen molar-refractivity contribution in [2.45, 2.75) is 6.92 Å². The van der Waals surface area contributed by atoms with Crippen molar-refractivity contribution in [3.05, 3.63) is 28.4 Å². The van der Waals surface area contributed by atoms with E-state index in [1.54, 1.807) is 26.4 Å². The number of hydrogen-bond acceptors (Lipinski definition) is 4.